The lowest BCUT2D eigenvalue weighted by atomic mass is 9.90. The lowest BCUT2D eigenvalue weighted by molar-refractivity contribution is 0.200. The highest BCUT2D eigenvalue weighted by Gasteiger charge is 2.17. The fourth-order valence-electron chi connectivity index (χ4n) is 2.88. The number of benzene rings is 1. The van der Waals surface area contributed by atoms with Crippen LogP contribution in [0.5, 0.6) is 11.5 Å². The first kappa shape index (κ1) is 16.4. The highest BCUT2D eigenvalue weighted by atomic mass is 35.5. The van der Waals surface area contributed by atoms with Crippen molar-refractivity contribution >= 4 is 11.6 Å². The predicted octanol–water partition coefficient (Wildman–Crippen LogP) is 4.42. The standard InChI is InChI=1S/C17H26ClNO2/c1-3-19-11-14-9-15(18)10-16(20-2)17(14)21-12-13-7-5-4-6-8-13/h9-10,13,19H,3-8,11-12H2,1-2H3. The monoisotopic (exact) mass is 311 g/mol. The molecule has 0 aliphatic heterocycles. The molecule has 0 heterocycles. The maximum atomic E-state index is 6.17. The second kappa shape index (κ2) is 8.50. The van der Waals surface area contributed by atoms with E-state index in [1.807, 2.05) is 12.1 Å². The quantitative estimate of drug-likeness (QED) is 0.808. The Balaban J connectivity index is 2.10. The highest BCUT2D eigenvalue weighted by molar-refractivity contribution is 6.30. The molecule has 0 radical (unpaired) electrons. The molecule has 0 amide bonds. The van der Waals surface area contributed by atoms with Crippen LogP contribution in [0, 0.1) is 5.92 Å². The van der Waals surface area contributed by atoms with Crippen LogP contribution in [-0.4, -0.2) is 20.3 Å². The van der Waals surface area contributed by atoms with Crippen molar-refractivity contribution in [2.45, 2.75) is 45.6 Å². The Hall–Kier alpha value is -0.930. The van der Waals surface area contributed by atoms with E-state index in [0.717, 1.165) is 36.8 Å². The summed E-state index contributed by atoms with van der Waals surface area (Å²) in [5.41, 5.74) is 1.07. The first-order valence-electron chi connectivity index (χ1n) is 7.94. The number of hydrogen-bond acceptors (Lipinski definition) is 3. The van der Waals surface area contributed by atoms with Crippen molar-refractivity contribution in [2.75, 3.05) is 20.3 Å². The summed E-state index contributed by atoms with van der Waals surface area (Å²) in [6.07, 6.45) is 6.58. The van der Waals surface area contributed by atoms with E-state index in [2.05, 4.69) is 12.2 Å². The van der Waals surface area contributed by atoms with Crippen LogP contribution in [0.25, 0.3) is 0 Å². The van der Waals surface area contributed by atoms with E-state index < -0.39 is 0 Å². The molecule has 0 aromatic heterocycles. The predicted molar refractivity (Wildman–Crippen MR) is 87.5 cm³/mol. The molecule has 1 N–H and O–H groups in total. The molecular formula is C17H26ClNO2. The van der Waals surface area contributed by atoms with Crippen molar-refractivity contribution in [3.63, 3.8) is 0 Å². The number of nitrogens with one attached hydrogen (secondary N) is 1. The van der Waals surface area contributed by atoms with Gasteiger partial charge < -0.3 is 14.8 Å². The van der Waals surface area contributed by atoms with Crippen LogP contribution in [0.1, 0.15) is 44.6 Å². The Morgan fingerprint density at radius 1 is 1.24 bits per heavy atom. The van der Waals surface area contributed by atoms with E-state index in [4.69, 9.17) is 21.1 Å². The van der Waals surface area contributed by atoms with E-state index in [1.54, 1.807) is 7.11 Å². The van der Waals surface area contributed by atoms with Crippen LogP contribution in [0.3, 0.4) is 0 Å². The van der Waals surface area contributed by atoms with Gasteiger partial charge in [-0.25, -0.2) is 0 Å². The summed E-state index contributed by atoms with van der Waals surface area (Å²) in [4.78, 5) is 0. The van der Waals surface area contributed by atoms with Crippen LogP contribution in [0.4, 0.5) is 0 Å². The molecule has 4 heteroatoms. The second-order valence-corrected chi connectivity index (χ2v) is 6.13. The second-order valence-electron chi connectivity index (χ2n) is 5.69. The summed E-state index contributed by atoms with van der Waals surface area (Å²) in [5, 5.41) is 4.01. The number of ether oxygens (including phenoxy) is 2. The van der Waals surface area contributed by atoms with Gasteiger partial charge in [0.2, 0.25) is 0 Å². The molecule has 0 saturated heterocycles. The summed E-state index contributed by atoms with van der Waals surface area (Å²) >= 11 is 6.17. The number of halogens is 1. The molecule has 1 fully saturated rings. The van der Waals surface area contributed by atoms with Gasteiger partial charge in [-0.3, -0.25) is 0 Å². The van der Waals surface area contributed by atoms with Crippen molar-refractivity contribution in [3.05, 3.63) is 22.7 Å². The highest BCUT2D eigenvalue weighted by Crippen LogP contribution is 2.36. The number of hydrogen-bond donors (Lipinski definition) is 1. The van der Waals surface area contributed by atoms with Gasteiger partial charge in [-0.1, -0.05) is 37.8 Å². The Morgan fingerprint density at radius 2 is 2.00 bits per heavy atom. The summed E-state index contributed by atoms with van der Waals surface area (Å²) in [5.74, 6) is 2.24. The minimum absolute atomic E-state index is 0.672. The lowest BCUT2D eigenvalue weighted by Gasteiger charge is -2.23. The van der Waals surface area contributed by atoms with Crippen molar-refractivity contribution in [3.8, 4) is 11.5 Å². The molecule has 0 unspecified atom stereocenters. The van der Waals surface area contributed by atoms with Gasteiger partial charge in [0, 0.05) is 23.2 Å². The molecule has 1 saturated carbocycles. The van der Waals surface area contributed by atoms with Crippen molar-refractivity contribution in [1.29, 1.82) is 0 Å². The van der Waals surface area contributed by atoms with Gasteiger partial charge in [0.1, 0.15) is 0 Å². The Morgan fingerprint density at radius 3 is 2.67 bits per heavy atom. The minimum atomic E-state index is 0.672. The van der Waals surface area contributed by atoms with Crippen LogP contribution in [0.15, 0.2) is 12.1 Å². The molecule has 1 aromatic carbocycles. The Bertz CT molecular complexity index is 445. The van der Waals surface area contributed by atoms with Gasteiger partial charge in [0.25, 0.3) is 0 Å². The minimum Gasteiger partial charge on any atom is -0.493 e. The third-order valence-electron chi connectivity index (χ3n) is 4.07. The molecule has 3 nitrogen and oxygen atoms in total. The molecule has 0 spiro atoms. The van der Waals surface area contributed by atoms with Crippen molar-refractivity contribution < 1.29 is 9.47 Å². The van der Waals surface area contributed by atoms with Gasteiger partial charge in [-0.15, -0.1) is 0 Å². The molecule has 1 aliphatic rings. The fourth-order valence-corrected chi connectivity index (χ4v) is 3.11. The van der Waals surface area contributed by atoms with Crippen LogP contribution in [0.2, 0.25) is 5.02 Å². The Kier molecular flexibility index (Phi) is 6.65. The zero-order valence-corrected chi connectivity index (χ0v) is 13.8. The zero-order chi connectivity index (χ0) is 15.1. The Labute approximate surface area is 133 Å². The third kappa shape index (κ3) is 4.79. The SMILES string of the molecule is CCNCc1cc(Cl)cc(OC)c1OCC1CCCCC1. The van der Waals surface area contributed by atoms with Crippen molar-refractivity contribution in [1.82, 2.24) is 5.32 Å². The first-order chi connectivity index (χ1) is 10.2. The van der Waals surface area contributed by atoms with E-state index >= 15 is 0 Å². The molecule has 118 valence electrons. The van der Waals surface area contributed by atoms with Crippen LogP contribution >= 0.6 is 11.6 Å². The molecular weight excluding hydrogens is 286 g/mol. The maximum absolute atomic E-state index is 6.17. The average molecular weight is 312 g/mol. The summed E-state index contributed by atoms with van der Waals surface area (Å²) in [6, 6.07) is 3.79. The molecule has 0 bridgehead atoms. The summed E-state index contributed by atoms with van der Waals surface area (Å²) < 4.78 is 11.6. The third-order valence-corrected chi connectivity index (χ3v) is 4.29. The van der Waals surface area contributed by atoms with Gasteiger partial charge in [0.05, 0.1) is 13.7 Å². The first-order valence-corrected chi connectivity index (χ1v) is 8.32. The van der Waals surface area contributed by atoms with Gasteiger partial charge in [-0.2, -0.15) is 0 Å². The number of methoxy groups -OCH3 is 1. The molecule has 0 atom stereocenters. The average Bonchev–Trinajstić information content (AvgIpc) is 2.52. The molecule has 2 rings (SSSR count). The molecule has 1 aliphatic carbocycles. The zero-order valence-electron chi connectivity index (χ0n) is 13.1. The molecule has 21 heavy (non-hydrogen) atoms. The van der Waals surface area contributed by atoms with E-state index in [0.29, 0.717) is 10.9 Å². The van der Waals surface area contributed by atoms with E-state index in [1.165, 1.54) is 32.1 Å². The smallest absolute Gasteiger partial charge is 0.165 e. The maximum Gasteiger partial charge on any atom is 0.165 e. The summed E-state index contributed by atoms with van der Waals surface area (Å²) in [6.45, 7) is 4.52. The molecule has 1 aromatic rings. The topological polar surface area (TPSA) is 30.5 Å². The van der Waals surface area contributed by atoms with Gasteiger partial charge in [-0.05, 0) is 31.4 Å². The van der Waals surface area contributed by atoms with Crippen LogP contribution in [-0.2, 0) is 6.54 Å². The van der Waals surface area contributed by atoms with E-state index in [-0.39, 0.29) is 0 Å². The van der Waals surface area contributed by atoms with Crippen molar-refractivity contribution in [2.24, 2.45) is 5.92 Å². The normalized spacial score (nSPS) is 16.0. The van der Waals surface area contributed by atoms with Gasteiger partial charge in [0.15, 0.2) is 11.5 Å². The summed E-state index contributed by atoms with van der Waals surface area (Å²) in [7, 11) is 1.66. The lowest BCUT2D eigenvalue weighted by Crippen LogP contribution is -2.18. The van der Waals surface area contributed by atoms with Crippen LogP contribution < -0.4 is 14.8 Å². The fraction of sp³-hybridized carbons (Fsp3) is 0.647. The van der Waals surface area contributed by atoms with E-state index in [9.17, 15) is 0 Å². The van der Waals surface area contributed by atoms with Gasteiger partial charge >= 0.3 is 0 Å². The largest absolute Gasteiger partial charge is 0.493 e. The number of rotatable bonds is 7.